The van der Waals surface area contributed by atoms with Crippen LogP contribution in [0.4, 0.5) is 0 Å². The molecule has 1 heterocycles. The minimum Gasteiger partial charge on any atom is -0.462 e. The van der Waals surface area contributed by atoms with Crippen LogP contribution in [0.15, 0.2) is 47.1 Å². The fourth-order valence-corrected chi connectivity index (χ4v) is 1.32. The molecule has 0 saturated carbocycles. The Morgan fingerprint density at radius 2 is 2.24 bits per heavy atom. The molecule has 0 aromatic heterocycles. The van der Waals surface area contributed by atoms with Crippen molar-refractivity contribution in [3.8, 4) is 6.07 Å². The van der Waals surface area contributed by atoms with Crippen molar-refractivity contribution in [2.24, 2.45) is 5.92 Å². The highest BCUT2D eigenvalue weighted by Gasteiger charge is 2.10. The minimum absolute atomic E-state index is 0.0862. The van der Waals surface area contributed by atoms with E-state index in [-0.39, 0.29) is 5.70 Å². The first-order valence-electron chi connectivity index (χ1n) is 5.34. The Morgan fingerprint density at radius 1 is 1.53 bits per heavy atom. The van der Waals surface area contributed by atoms with Gasteiger partial charge in [0.1, 0.15) is 11.5 Å². The molecule has 3 nitrogen and oxygen atoms in total. The summed E-state index contributed by atoms with van der Waals surface area (Å²) in [6, 6.07) is 1.88. The van der Waals surface area contributed by atoms with E-state index in [4.69, 9.17) is 16.6 Å². The lowest BCUT2D eigenvalue weighted by Crippen LogP contribution is -1.97. The number of hydrogen-bond donors (Lipinski definition) is 0. The van der Waals surface area contributed by atoms with Gasteiger partial charge in [0.25, 0.3) is 5.70 Å². The van der Waals surface area contributed by atoms with Gasteiger partial charge in [0.05, 0.1) is 12.6 Å². The predicted molar refractivity (Wildman–Crippen MR) is 66.1 cm³/mol. The van der Waals surface area contributed by atoms with E-state index in [0.717, 1.165) is 0 Å². The molecule has 17 heavy (non-hydrogen) atoms. The number of allylic oxidation sites excluding steroid dienone is 7. The quantitative estimate of drug-likeness (QED) is 0.531. The molecule has 0 N–H and O–H groups in total. The molecule has 1 rings (SSSR count). The monoisotopic (exact) mass is 226 g/mol. The Labute approximate surface area is 102 Å². The van der Waals surface area contributed by atoms with Crippen LogP contribution in [-0.4, -0.2) is 0 Å². The third-order valence-corrected chi connectivity index (χ3v) is 2.07. The van der Waals surface area contributed by atoms with Crippen LogP contribution in [0.25, 0.3) is 4.85 Å². The molecule has 0 amide bonds. The normalized spacial score (nSPS) is 18.0. The molecule has 86 valence electrons. The summed E-state index contributed by atoms with van der Waals surface area (Å²) in [7, 11) is 0. The molecule has 0 saturated heterocycles. The standard InChI is InChI=1S/C14H14N2O/c1-10(2)5-6-13-8-12(7-11(3)17-13)14(9-15)16-4/h5-8,10H,1-3H3/b6-5+,14-12-. The molecule has 1 aliphatic heterocycles. The first kappa shape index (κ1) is 12.8. The fraction of sp³-hybridized carbons (Fsp3) is 0.286. The number of hydrogen-bond acceptors (Lipinski definition) is 2. The van der Waals surface area contributed by atoms with Gasteiger partial charge in [-0.3, -0.25) is 0 Å². The third-order valence-electron chi connectivity index (χ3n) is 2.07. The third kappa shape index (κ3) is 3.66. The molecule has 0 fully saturated rings. The van der Waals surface area contributed by atoms with Crippen LogP contribution in [0, 0.1) is 23.8 Å². The van der Waals surface area contributed by atoms with Crippen LogP contribution in [0.1, 0.15) is 20.8 Å². The largest absolute Gasteiger partial charge is 0.462 e. The Morgan fingerprint density at radius 3 is 2.76 bits per heavy atom. The van der Waals surface area contributed by atoms with E-state index < -0.39 is 0 Å². The SMILES string of the molecule is [C-]#[N+]/C(C#N)=C1/C=C(C)OC(/C=C/C(C)C)=C1. The highest BCUT2D eigenvalue weighted by atomic mass is 16.5. The molecular formula is C14H14N2O. The fourth-order valence-electron chi connectivity index (χ4n) is 1.32. The van der Waals surface area contributed by atoms with Gasteiger partial charge in [-0.05, 0) is 36.6 Å². The molecule has 0 spiro atoms. The Kier molecular flexibility index (Phi) is 4.31. The average molecular weight is 226 g/mol. The highest BCUT2D eigenvalue weighted by Crippen LogP contribution is 2.22. The second kappa shape index (κ2) is 5.72. The second-order valence-corrected chi connectivity index (χ2v) is 4.03. The van der Waals surface area contributed by atoms with Crippen LogP contribution in [0.3, 0.4) is 0 Å². The number of nitriles is 1. The summed E-state index contributed by atoms with van der Waals surface area (Å²) in [4.78, 5) is 3.19. The molecule has 1 aliphatic rings. The summed E-state index contributed by atoms with van der Waals surface area (Å²) in [5.74, 6) is 1.77. The van der Waals surface area contributed by atoms with Crippen molar-refractivity contribution in [1.29, 1.82) is 5.26 Å². The first-order valence-corrected chi connectivity index (χ1v) is 5.34. The maximum absolute atomic E-state index is 8.83. The number of ether oxygens (including phenoxy) is 1. The van der Waals surface area contributed by atoms with Gasteiger partial charge in [-0.2, -0.15) is 0 Å². The van der Waals surface area contributed by atoms with Crippen molar-refractivity contribution in [2.45, 2.75) is 20.8 Å². The van der Waals surface area contributed by atoms with Gasteiger partial charge in [0, 0.05) is 0 Å². The molecule has 0 aromatic carbocycles. The van der Waals surface area contributed by atoms with E-state index >= 15 is 0 Å². The molecule has 0 bridgehead atoms. The van der Waals surface area contributed by atoms with Crippen molar-refractivity contribution in [2.75, 3.05) is 0 Å². The van der Waals surface area contributed by atoms with Gasteiger partial charge in [-0.1, -0.05) is 19.9 Å². The van der Waals surface area contributed by atoms with Crippen molar-refractivity contribution in [3.05, 3.63) is 58.5 Å². The molecule has 0 aromatic rings. The van der Waals surface area contributed by atoms with Crippen molar-refractivity contribution >= 4 is 0 Å². The zero-order valence-electron chi connectivity index (χ0n) is 10.2. The molecular weight excluding hydrogens is 212 g/mol. The molecule has 0 atom stereocenters. The lowest BCUT2D eigenvalue weighted by atomic mass is 10.1. The van der Waals surface area contributed by atoms with Crippen LogP contribution in [0.2, 0.25) is 0 Å². The number of rotatable bonds is 2. The Balaban J connectivity index is 3.11. The summed E-state index contributed by atoms with van der Waals surface area (Å²) in [6.07, 6.45) is 7.28. The maximum Gasteiger partial charge on any atom is 0.269 e. The Bertz CT molecular complexity index is 489. The van der Waals surface area contributed by atoms with Gasteiger partial charge >= 0.3 is 0 Å². The van der Waals surface area contributed by atoms with Gasteiger partial charge < -0.3 is 4.74 Å². The maximum atomic E-state index is 8.83. The van der Waals surface area contributed by atoms with Crippen molar-refractivity contribution in [1.82, 2.24) is 0 Å². The molecule has 0 aliphatic carbocycles. The number of nitrogens with zero attached hydrogens (tertiary/aromatic N) is 2. The summed E-state index contributed by atoms with van der Waals surface area (Å²) >= 11 is 0. The lowest BCUT2D eigenvalue weighted by molar-refractivity contribution is 0.317. The average Bonchev–Trinajstić information content (AvgIpc) is 2.27. The topological polar surface area (TPSA) is 37.4 Å². The summed E-state index contributed by atoms with van der Waals surface area (Å²) in [6.45, 7) is 12.9. The van der Waals surface area contributed by atoms with Crippen LogP contribution in [0.5, 0.6) is 0 Å². The summed E-state index contributed by atoms with van der Waals surface area (Å²) < 4.78 is 5.50. The Hall–Kier alpha value is -2.26. The second-order valence-electron chi connectivity index (χ2n) is 4.03. The van der Waals surface area contributed by atoms with Gasteiger partial charge in [0.15, 0.2) is 0 Å². The van der Waals surface area contributed by atoms with Gasteiger partial charge in [-0.15, -0.1) is 0 Å². The zero-order chi connectivity index (χ0) is 12.8. The van der Waals surface area contributed by atoms with Crippen LogP contribution in [-0.2, 0) is 4.74 Å². The predicted octanol–water partition coefficient (Wildman–Crippen LogP) is 3.71. The molecule has 0 unspecified atom stereocenters. The van der Waals surface area contributed by atoms with Gasteiger partial charge in [-0.25, -0.2) is 10.1 Å². The van der Waals surface area contributed by atoms with E-state index in [1.807, 2.05) is 18.2 Å². The summed E-state index contributed by atoms with van der Waals surface area (Å²) in [5, 5.41) is 8.83. The van der Waals surface area contributed by atoms with Crippen LogP contribution >= 0.6 is 0 Å². The van der Waals surface area contributed by atoms with E-state index in [1.165, 1.54) is 0 Å². The van der Waals surface area contributed by atoms with E-state index in [0.29, 0.717) is 23.0 Å². The van der Waals surface area contributed by atoms with Gasteiger partial charge in [0.2, 0.25) is 0 Å². The van der Waals surface area contributed by atoms with E-state index in [9.17, 15) is 0 Å². The van der Waals surface area contributed by atoms with Crippen molar-refractivity contribution < 1.29 is 4.74 Å². The summed E-state index contributed by atoms with van der Waals surface area (Å²) in [5.41, 5.74) is 0.692. The molecule has 3 heteroatoms. The minimum atomic E-state index is 0.0862. The van der Waals surface area contributed by atoms with E-state index in [2.05, 4.69) is 18.7 Å². The highest BCUT2D eigenvalue weighted by molar-refractivity contribution is 5.49. The zero-order valence-corrected chi connectivity index (χ0v) is 10.2. The van der Waals surface area contributed by atoms with E-state index in [1.54, 1.807) is 19.1 Å². The van der Waals surface area contributed by atoms with Crippen molar-refractivity contribution in [3.63, 3.8) is 0 Å². The first-order chi connectivity index (χ1) is 8.06. The lowest BCUT2D eigenvalue weighted by Gasteiger charge is -2.13. The van der Waals surface area contributed by atoms with Crippen LogP contribution < -0.4 is 0 Å². The smallest absolute Gasteiger partial charge is 0.269 e. The molecule has 0 radical (unpaired) electrons.